The Labute approximate surface area is 113 Å². The van der Waals surface area contributed by atoms with Crippen molar-refractivity contribution in [2.75, 3.05) is 0 Å². The van der Waals surface area contributed by atoms with Crippen molar-refractivity contribution in [2.45, 2.75) is 39.5 Å². The number of rotatable bonds is 4. The summed E-state index contributed by atoms with van der Waals surface area (Å²) in [7, 11) is 0. The van der Waals surface area contributed by atoms with Crippen molar-refractivity contribution in [3.05, 3.63) is 41.2 Å². The van der Waals surface area contributed by atoms with Crippen LogP contribution < -0.4 is 0 Å². The zero-order chi connectivity index (χ0) is 14.4. The molecule has 0 saturated heterocycles. The quantitative estimate of drug-likeness (QED) is 0.785. The fourth-order valence-corrected chi connectivity index (χ4v) is 2.05. The van der Waals surface area contributed by atoms with Gasteiger partial charge in [0.25, 0.3) is 0 Å². The highest BCUT2D eigenvalue weighted by Gasteiger charge is 2.17. The summed E-state index contributed by atoms with van der Waals surface area (Å²) in [6.45, 7) is 7.19. The van der Waals surface area contributed by atoms with Gasteiger partial charge in [-0.2, -0.15) is 0 Å². The molecule has 0 amide bonds. The van der Waals surface area contributed by atoms with E-state index in [9.17, 15) is 9.59 Å². The molecule has 1 aliphatic carbocycles. The van der Waals surface area contributed by atoms with Gasteiger partial charge in [-0.25, -0.2) is 0 Å². The van der Waals surface area contributed by atoms with Crippen LogP contribution in [0.25, 0.3) is 0 Å². The molecule has 0 aliphatic heterocycles. The minimum Gasteiger partial charge on any atom is -0.304 e. The average molecular weight is 257 g/mol. The number of nitrogens with one attached hydrogen (secondary N) is 1. The van der Waals surface area contributed by atoms with Crippen LogP contribution in [0.1, 0.15) is 39.5 Å². The van der Waals surface area contributed by atoms with Gasteiger partial charge >= 0.3 is 0 Å². The molecule has 0 heterocycles. The van der Waals surface area contributed by atoms with Crippen LogP contribution in [0.5, 0.6) is 0 Å². The monoisotopic (exact) mass is 257 g/mol. The average Bonchev–Trinajstić information content (AvgIpc) is 2.35. The number of carbonyl (C=O) groups excluding carboxylic acids is 2. The Hall–Kier alpha value is -1.99. The highest BCUT2D eigenvalue weighted by molar-refractivity contribution is 6.14. The maximum absolute atomic E-state index is 12.2. The Balaban J connectivity index is 3.18. The van der Waals surface area contributed by atoms with Gasteiger partial charge in [-0.3, -0.25) is 4.79 Å². The number of hydrogen-bond acceptors (Lipinski definition) is 3. The van der Waals surface area contributed by atoms with Gasteiger partial charge in [-0.1, -0.05) is 12.2 Å². The smallest absolute Gasteiger partial charge is 0.169 e. The number of hydrogen-bond donors (Lipinski definition) is 1. The second-order valence-corrected chi connectivity index (χ2v) is 4.81. The Morgan fingerprint density at radius 3 is 2.74 bits per heavy atom. The van der Waals surface area contributed by atoms with Gasteiger partial charge in [-0.15, -0.1) is 5.73 Å². The molecule has 0 atom stereocenters. The van der Waals surface area contributed by atoms with Gasteiger partial charge in [0.05, 0.1) is 6.42 Å². The lowest BCUT2D eigenvalue weighted by atomic mass is 9.91. The Kier molecular flexibility index (Phi) is 5.40. The molecule has 1 rings (SSSR count). The van der Waals surface area contributed by atoms with E-state index in [0.29, 0.717) is 30.4 Å². The van der Waals surface area contributed by atoms with Gasteiger partial charge in [0.2, 0.25) is 0 Å². The van der Waals surface area contributed by atoms with Crippen LogP contribution in [0.2, 0.25) is 0 Å². The van der Waals surface area contributed by atoms with Gasteiger partial charge in [-0.05, 0) is 38.3 Å². The van der Waals surface area contributed by atoms with Crippen LogP contribution >= 0.6 is 0 Å². The van der Waals surface area contributed by atoms with Crippen LogP contribution in [-0.2, 0) is 9.59 Å². The first-order valence-corrected chi connectivity index (χ1v) is 6.30. The fourth-order valence-electron chi connectivity index (χ4n) is 2.05. The van der Waals surface area contributed by atoms with Crippen LogP contribution in [0.3, 0.4) is 0 Å². The third kappa shape index (κ3) is 4.65. The molecule has 0 aromatic heterocycles. The number of carbonyl (C=O) groups is 2. The standard InChI is InChI=1S/C16H19NO2/c1-11(2)16-13(9-8-12(3)18)6-4-5-7-14(17)10-15(16)19/h4,7,17H,1,6,8-10H2,2-3H3/b16-13+,17-14?. The molecule has 0 unspecified atom stereocenters. The Morgan fingerprint density at radius 2 is 2.16 bits per heavy atom. The van der Waals surface area contributed by atoms with E-state index in [1.807, 2.05) is 0 Å². The van der Waals surface area contributed by atoms with Crippen molar-refractivity contribution in [3.63, 3.8) is 0 Å². The SMILES string of the molecule is C=C(C)/C1=C(\CCC(C)=O)CC=C=CC(=N)CC1=O. The normalized spacial score (nSPS) is 19.9. The molecule has 100 valence electrons. The molecule has 1 aliphatic rings. The first-order chi connectivity index (χ1) is 8.91. The van der Waals surface area contributed by atoms with Crippen molar-refractivity contribution >= 4 is 17.3 Å². The molecule has 19 heavy (non-hydrogen) atoms. The lowest BCUT2D eigenvalue weighted by Gasteiger charge is -2.12. The van der Waals surface area contributed by atoms with Gasteiger partial charge in [0, 0.05) is 23.8 Å². The summed E-state index contributed by atoms with van der Waals surface area (Å²) in [5.74, 6) is 0.0116. The number of Topliss-reactive ketones (excluding diaryl/α,β-unsaturated/α-hetero) is 2. The van der Waals surface area contributed by atoms with E-state index in [1.54, 1.807) is 19.9 Å². The van der Waals surface area contributed by atoms with Crippen molar-refractivity contribution in [3.8, 4) is 0 Å². The third-order valence-electron chi connectivity index (χ3n) is 2.91. The largest absolute Gasteiger partial charge is 0.304 e. The van der Waals surface area contributed by atoms with Gasteiger partial charge in [0.15, 0.2) is 5.78 Å². The van der Waals surface area contributed by atoms with Crippen molar-refractivity contribution < 1.29 is 9.59 Å². The predicted molar refractivity (Wildman–Crippen MR) is 76.4 cm³/mol. The van der Waals surface area contributed by atoms with Crippen molar-refractivity contribution in [2.24, 2.45) is 0 Å². The summed E-state index contributed by atoms with van der Waals surface area (Å²) >= 11 is 0. The molecule has 0 aromatic carbocycles. The molecule has 0 aromatic rings. The zero-order valence-electron chi connectivity index (χ0n) is 11.5. The molecule has 3 heteroatoms. The Bertz CT molecular complexity index is 529. The molecule has 1 N–H and O–H groups in total. The maximum Gasteiger partial charge on any atom is 0.169 e. The van der Waals surface area contributed by atoms with E-state index in [-0.39, 0.29) is 23.7 Å². The number of allylic oxidation sites excluding steroid dienone is 4. The molecule has 0 saturated carbocycles. The van der Waals surface area contributed by atoms with E-state index < -0.39 is 0 Å². The highest BCUT2D eigenvalue weighted by Crippen LogP contribution is 2.24. The summed E-state index contributed by atoms with van der Waals surface area (Å²) in [5.41, 5.74) is 5.36. The molecule has 0 radical (unpaired) electrons. The second kappa shape index (κ2) is 6.81. The fraction of sp³-hybridized carbons (Fsp3) is 0.375. The summed E-state index contributed by atoms with van der Waals surface area (Å²) < 4.78 is 0. The van der Waals surface area contributed by atoms with E-state index in [1.165, 1.54) is 6.08 Å². The first kappa shape index (κ1) is 15.1. The number of ketones is 2. The van der Waals surface area contributed by atoms with Crippen molar-refractivity contribution in [1.29, 1.82) is 5.41 Å². The van der Waals surface area contributed by atoms with Crippen molar-refractivity contribution in [1.82, 2.24) is 0 Å². The summed E-state index contributed by atoms with van der Waals surface area (Å²) in [4.78, 5) is 23.3. The van der Waals surface area contributed by atoms with E-state index in [2.05, 4.69) is 12.3 Å². The first-order valence-electron chi connectivity index (χ1n) is 6.30. The van der Waals surface area contributed by atoms with Gasteiger partial charge in [0.1, 0.15) is 5.78 Å². The lowest BCUT2D eigenvalue weighted by Crippen LogP contribution is -2.11. The zero-order valence-corrected chi connectivity index (χ0v) is 11.5. The highest BCUT2D eigenvalue weighted by atomic mass is 16.1. The van der Waals surface area contributed by atoms with E-state index in [4.69, 9.17) is 5.41 Å². The van der Waals surface area contributed by atoms with E-state index >= 15 is 0 Å². The van der Waals surface area contributed by atoms with E-state index in [0.717, 1.165) is 5.57 Å². The molecule has 0 bridgehead atoms. The Morgan fingerprint density at radius 1 is 1.47 bits per heavy atom. The maximum atomic E-state index is 12.2. The predicted octanol–water partition coefficient (Wildman–Crippen LogP) is 3.32. The van der Waals surface area contributed by atoms with Gasteiger partial charge < -0.3 is 10.2 Å². The third-order valence-corrected chi connectivity index (χ3v) is 2.91. The topological polar surface area (TPSA) is 58.0 Å². The molecule has 3 nitrogen and oxygen atoms in total. The van der Waals surface area contributed by atoms with Crippen LogP contribution in [-0.4, -0.2) is 17.3 Å². The van der Waals surface area contributed by atoms with Crippen LogP contribution in [0, 0.1) is 5.41 Å². The van der Waals surface area contributed by atoms with Crippen LogP contribution in [0.4, 0.5) is 0 Å². The second-order valence-electron chi connectivity index (χ2n) is 4.81. The minimum absolute atomic E-state index is 0.0621. The molecule has 0 spiro atoms. The minimum atomic E-state index is -0.0931. The molecular formula is C16H19NO2. The lowest BCUT2D eigenvalue weighted by molar-refractivity contribution is -0.117. The summed E-state index contributed by atoms with van der Waals surface area (Å²) in [6.07, 6.45) is 4.94. The summed E-state index contributed by atoms with van der Waals surface area (Å²) in [6, 6.07) is 0. The molecular weight excluding hydrogens is 238 g/mol. The van der Waals surface area contributed by atoms with Crippen LogP contribution in [0.15, 0.2) is 41.2 Å². The summed E-state index contributed by atoms with van der Waals surface area (Å²) in [5, 5.41) is 7.66. The molecule has 0 fully saturated rings.